The summed E-state index contributed by atoms with van der Waals surface area (Å²) in [5.74, 6) is 0.223. The van der Waals surface area contributed by atoms with Gasteiger partial charge in [-0.25, -0.2) is 0 Å². The molecule has 0 atom stereocenters. The lowest BCUT2D eigenvalue weighted by molar-refractivity contribution is 0.661. The van der Waals surface area contributed by atoms with Gasteiger partial charge in [0.15, 0.2) is 0 Å². The van der Waals surface area contributed by atoms with Gasteiger partial charge in [0.25, 0.3) is 0 Å². The second kappa shape index (κ2) is 13.4. The molecule has 4 aliphatic carbocycles. The molecule has 0 radical (unpaired) electrons. The molecular formula is C65H44N2. The van der Waals surface area contributed by atoms with Crippen LogP contribution in [-0.2, 0) is 5.41 Å². The highest BCUT2D eigenvalue weighted by Gasteiger charge is 2.44. The Hall–Kier alpha value is -8.20. The highest BCUT2D eigenvalue weighted by atomic mass is 15.0. The van der Waals surface area contributed by atoms with Crippen LogP contribution in [0.3, 0.4) is 0 Å². The van der Waals surface area contributed by atoms with Gasteiger partial charge >= 0.3 is 0 Å². The van der Waals surface area contributed by atoms with Crippen LogP contribution in [0.25, 0.3) is 88.4 Å². The molecule has 2 heterocycles. The van der Waals surface area contributed by atoms with Crippen molar-refractivity contribution in [3.05, 3.63) is 263 Å². The zero-order chi connectivity index (χ0) is 44.1. The van der Waals surface area contributed by atoms with Crippen molar-refractivity contribution in [2.45, 2.75) is 31.1 Å². The van der Waals surface area contributed by atoms with E-state index in [1.807, 2.05) is 0 Å². The molecule has 2 aromatic heterocycles. The van der Waals surface area contributed by atoms with Crippen molar-refractivity contribution in [3.8, 4) is 44.8 Å². The highest BCUT2D eigenvalue weighted by Crippen LogP contribution is 2.60. The van der Waals surface area contributed by atoms with Gasteiger partial charge in [0.05, 0.1) is 27.8 Å². The van der Waals surface area contributed by atoms with E-state index < -0.39 is 0 Å². The van der Waals surface area contributed by atoms with E-state index in [0.29, 0.717) is 0 Å². The summed E-state index contributed by atoms with van der Waals surface area (Å²) in [4.78, 5) is 0. The van der Waals surface area contributed by atoms with E-state index in [1.165, 1.54) is 133 Å². The minimum absolute atomic E-state index is 0.0951. The number of hydrogen-bond acceptors (Lipinski definition) is 0. The Balaban J connectivity index is 1.02. The molecule has 0 fully saturated rings. The van der Waals surface area contributed by atoms with Gasteiger partial charge in [-0.1, -0.05) is 172 Å². The van der Waals surface area contributed by atoms with Crippen LogP contribution in [0.4, 0.5) is 0 Å². The summed E-state index contributed by atoms with van der Waals surface area (Å²) in [5, 5.41) is 5.08. The van der Waals surface area contributed by atoms with Crippen molar-refractivity contribution in [1.29, 1.82) is 0 Å². The number of fused-ring (bicyclic) bond motifs is 9. The molecule has 2 nitrogen and oxygen atoms in total. The molecule has 67 heavy (non-hydrogen) atoms. The molecule has 0 saturated carbocycles. The first-order valence-electron chi connectivity index (χ1n) is 23.7. The number of rotatable bonds is 4. The fraction of sp³-hybridized carbons (Fsp3) is 0.0769. The second-order valence-electron chi connectivity index (χ2n) is 19.5. The molecular weight excluding hydrogens is 809 g/mol. The third-order valence-corrected chi connectivity index (χ3v) is 15.9. The predicted molar refractivity (Wildman–Crippen MR) is 278 cm³/mol. The number of para-hydroxylation sites is 2. The molecule has 2 bridgehead atoms. The van der Waals surface area contributed by atoms with Crippen LogP contribution in [0.2, 0.25) is 0 Å². The first-order valence-corrected chi connectivity index (χ1v) is 23.7. The third kappa shape index (κ3) is 4.94. The molecule has 10 aromatic carbocycles. The first kappa shape index (κ1) is 37.1. The van der Waals surface area contributed by atoms with Gasteiger partial charge in [0.1, 0.15) is 0 Å². The summed E-state index contributed by atoms with van der Waals surface area (Å²) in [6.07, 6.45) is 0. The zero-order valence-corrected chi connectivity index (χ0v) is 37.3. The molecule has 4 aliphatic rings. The Morgan fingerprint density at radius 3 is 1.57 bits per heavy atom. The zero-order valence-electron chi connectivity index (χ0n) is 37.3. The van der Waals surface area contributed by atoms with Crippen molar-refractivity contribution in [2.75, 3.05) is 0 Å². The average molecular weight is 853 g/mol. The summed E-state index contributed by atoms with van der Waals surface area (Å²) in [7, 11) is 0. The quantitative estimate of drug-likeness (QED) is 0.167. The van der Waals surface area contributed by atoms with Crippen LogP contribution < -0.4 is 0 Å². The van der Waals surface area contributed by atoms with E-state index in [4.69, 9.17) is 0 Å². The van der Waals surface area contributed by atoms with E-state index in [1.54, 1.807) is 0 Å². The maximum absolute atomic E-state index is 2.64. The van der Waals surface area contributed by atoms with Gasteiger partial charge in [-0.05, 0) is 139 Å². The molecule has 0 saturated heterocycles. The van der Waals surface area contributed by atoms with Crippen LogP contribution in [0, 0.1) is 0 Å². The monoisotopic (exact) mass is 852 g/mol. The van der Waals surface area contributed by atoms with Crippen LogP contribution in [-0.4, -0.2) is 9.13 Å². The Labute approximate surface area is 389 Å². The molecule has 0 aliphatic heterocycles. The predicted octanol–water partition coefficient (Wildman–Crippen LogP) is 16.5. The van der Waals surface area contributed by atoms with E-state index in [0.717, 1.165) is 0 Å². The molecule has 0 unspecified atom stereocenters. The summed E-state index contributed by atoms with van der Waals surface area (Å²) < 4.78 is 5.04. The standard InChI is InChI=1S/C65H44N2/c1-65(2)54-27-15-13-21-44(54)50-37-53-52-36-41(40-29-32-57-51(35-40)45-22-14-16-28-56(45)66(57)42-19-7-4-8-20-42)30-33-58(52)67(60(53)38-55(50)65)59-34-31-43(39-17-5-3-6-18-39)63-61-46-23-9-11-25-48(46)62(64(59)63)49-26-12-10-24-47(49)61/h3-38,61-62H,1-2H3. The lowest BCUT2D eigenvalue weighted by Gasteiger charge is -2.44. The van der Waals surface area contributed by atoms with E-state index >= 15 is 0 Å². The maximum Gasteiger partial charge on any atom is 0.0544 e. The second-order valence-corrected chi connectivity index (χ2v) is 19.5. The Kier molecular flexibility index (Phi) is 7.43. The van der Waals surface area contributed by atoms with Crippen LogP contribution in [0.5, 0.6) is 0 Å². The molecule has 0 amide bonds. The van der Waals surface area contributed by atoms with E-state index in [9.17, 15) is 0 Å². The van der Waals surface area contributed by atoms with E-state index in [-0.39, 0.29) is 17.3 Å². The number of aromatic nitrogens is 2. The molecule has 314 valence electrons. The Morgan fingerprint density at radius 2 is 0.866 bits per heavy atom. The highest BCUT2D eigenvalue weighted by molar-refractivity contribution is 6.14. The number of benzene rings is 10. The van der Waals surface area contributed by atoms with Crippen molar-refractivity contribution >= 4 is 43.6 Å². The Morgan fingerprint density at radius 1 is 0.328 bits per heavy atom. The fourth-order valence-corrected chi connectivity index (χ4v) is 13.0. The smallest absolute Gasteiger partial charge is 0.0544 e. The van der Waals surface area contributed by atoms with Gasteiger partial charge < -0.3 is 9.13 Å². The Bertz CT molecular complexity index is 4020. The third-order valence-electron chi connectivity index (χ3n) is 15.9. The largest absolute Gasteiger partial charge is 0.309 e. The average Bonchev–Trinajstić information content (AvgIpc) is 3.97. The van der Waals surface area contributed by atoms with Crippen molar-refractivity contribution < 1.29 is 0 Å². The van der Waals surface area contributed by atoms with Crippen molar-refractivity contribution in [1.82, 2.24) is 9.13 Å². The van der Waals surface area contributed by atoms with Crippen LogP contribution >= 0.6 is 0 Å². The first-order chi connectivity index (χ1) is 33.0. The lowest BCUT2D eigenvalue weighted by Crippen LogP contribution is -2.29. The summed E-state index contributed by atoms with van der Waals surface area (Å²) in [5.41, 5.74) is 26.3. The molecule has 0 N–H and O–H groups in total. The minimum Gasteiger partial charge on any atom is -0.309 e. The molecule has 16 rings (SSSR count). The summed E-state index contributed by atoms with van der Waals surface area (Å²) in [6.45, 7) is 4.81. The number of nitrogens with zero attached hydrogens (tertiary/aromatic N) is 2. The molecule has 12 aromatic rings. The lowest BCUT2D eigenvalue weighted by atomic mass is 9.59. The molecule has 2 heteroatoms. The SMILES string of the molecule is CC1(C)c2ccccc2-c2cc3c4cc(-c5ccc6c(c5)c5ccccc5n6-c5ccccc5)ccc4n(-c4ccc(-c5ccccc5)c5c4C4c6ccccc6C5c5ccccc54)c3cc21. The number of hydrogen-bond donors (Lipinski definition) is 0. The normalized spacial score (nSPS) is 16.0. The maximum atomic E-state index is 2.64. The van der Waals surface area contributed by atoms with Crippen LogP contribution in [0.1, 0.15) is 70.2 Å². The van der Waals surface area contributed by atoms with Crippen molar-refractivity contribution in [2.24, 2.45) is 0 Å². The van der Waals surface area contributed by atoms with Gasteiger partial charge in [-0.2, -0.15) is 0 Å². The van der Waals surface area contributed by atoms with Gasteiger partial charge in [0, 0.05) is 44.5 Å². The topological polar surface area (TPSA) is 9.86 Å². The summed E-state index contributed by atoms with van der Waals surface area (Å²) in [6, 6.07) is 82.5. The van der Waals surface area contributed by atoms with Gasteiger partial charge in [0.2, 0.25) is 0 Å². The minimum atomic E-state index is -0.144. The van der Waals surface area contributed by atoms with E-state index in [2.05, 4.69) is 241 Å². The summed E-state index contributed by atoms with van der Waals surface area (Å²) >= 11 is 0. The van der Waals surface area contributed by atoms with Gasteiger partial charge in [-0.3, -0.25) is 0 Å². The van der Waals surface area contributed by atoms with Crippen LogP contribution in [0.15, 0.2) is 218 Å². The molecule has 0 spiro atoms. The van der Waals surface area contributed by atoms with Gasteiger partial charge in [-0.15, -0.1) is 0 Å². The fourth-order valence-electron chi connectivity index (χ4n) is 13.0. The van der Waals surface area contributed by atoms with Crippen molar-refractivity contribution in [3.63, 3.8) is 0 Å².